The van der Waals surface area contributed by atoms with Crippen LogP contribution in [-0.4, -0.2) is 12.3 Å². The second kappa shape index (κ2) is 8.85. The maximum absolute atomic E-state index is 5.25. The average Bonchev–Trinajstić information content (AvgIpc) is 2.60. The third-order valence-electron chi connectivity index (χ3n) is 6.32. The molecule has 2 saturated carbocycles. The van der Waals surface area contributed by atoms with Crippen molar-refractivity contribution in [2.24, 2.45) is 16.3 Å². The van der Waals surface area contributed by atoms with Crippen LogP contribution in [0.3, 0.4) is 0 Å². The fraction of sp³-hybridized carbons (Fsp3) is 0.773. The van der Waals surface area contributed by atoms with Crippen LogP contribution in [-0.2, 0) is 0 Å². The van der Waals surface area contributed by atoms with Crippen molar-refractivity contribution in [2.45, 2.75) is 95.9 Å². The summed E-state index contributed by atoms with van der Waals surface area (Å²) >= 11 is 0. The first kappa shape index (κ1) is 17.0. The van der Waals surface area contributed by atoms with Crippen LogP contribution < -0.4 is 0 Å². The van der Waals surface area contributed by atoms with Gasteiger partial charge in [0.05, 0.1) is 6.04 Å². The van der Waals surface area contributed by atoms with Crippen LogP contribution in [0, 0.1) is 11.3 Å². The van der Waals surface area contributed by atoms with E-state index in [9.17, 15) is 0 Å². The molecular formula is C22H35N. The van der Waals surface area contributed by atoms with Gasteiger partial charge in [0.25, 0.3) is 0 Å². The molecule has 0 aromatic carbocycles. The monoisotopic (exact) mass is 313 g/mol. The van der Waals surface area contributed by atoms with E-state index in [1.54, 1.807) is 0 Å². The Morgan fingerprint density at radius 2 is 1.43 bits per heavy atom. The minimum absolute atomic E-state index is 0.380. The summed E-state index contributed by atoms with van der Waals surface area (Å²) in [5.41, 5.74) is 0.380. The predicted molar refractivity (Wildman–Crippen MR) is 101 cm³/mol. The number of hydrogen-bond donors (Lipinski definition) is 0. The molecule has 1 atom stereocenters. The standard InChI is InChI=1S/C22H35N/c1-2-4-10-16-22(17-11-6-12-18-22)19-23-21(15-9-3-1)20-13-7-5-8-14-20/h3-4,9-10,19-21H,1-2,5-8,11-18H2. The average molecular weight is 314 g/mol. The van der Waals surface area contributed by atoms with Gasteiger partial charge in [0.15, 0.2) is 0 Å². The lowest BCUT2D eigenvalue weighted by Gasteiger charge is -2.34. The van der Waals surface area contributed by atoms with E-state index >= 15 is 0 Å². The van der Waals surface area contributed by atoms with E-state index < -0.39 is 0 Å². The maximum atomic E-state index is 5.25. The third kappa shape index (κ3) is 5.06. The summed E-state index contributed by atoms with van der Waals surface area (Å²) in [6.07, 6.45) is 30.9. The Morgan fingerprint density at radius 3 is 2.22 bits per heavy atom. The van der Waals surface area contributed by atoms with E-state index in [4.69, 9.17) is 4.99 Å². The van der Waals surface area contributed by atoms with Crippen molar-refractivity contribution in [1.82, 2.24) is 0 Å². The van der Waals surface area contributed by atoms with E-state index in [-0.39, 0.29) is 0 Å². The molecule has 2 aliphatic carbocycles. The quantitative estimate of drug-likeness (QED) is 0.481. The van der Waals surface area contributed by atoms with Gasteiger partial charge in [-0.15, -0.1) is 0 Å². The minimum atomic E-state index is 0.380. The number of hydrogen-bond acceptors (Lipinski definition) is 1. The Balaban J connectivity index is 1.76. The van der Waals surface area contributed by atoms with Gasteiger partial charge < -0.3 is 0 Å². The van der Waals surface area contributed by atoms with E-state index in [1.165, 1.54) is 89.9 Å². The summed E-state index contributed by atoms with van der Waals surface area (Å²) < 4.78 is 0. The molecular weight excluding hydrogens is 278 g/mol. The van der Waals surface area contributed by atoms with E-state index in [0.29, 0.717) is 11.5 Å². The molecule has 1 spiro atoms. The van der Waals surface area contributed by atoms with Crippen molar-refractivity contribution < 1.29 is 0 Å². The highest BCUT2D eigenvalue weighted by Gasteiger charge is 2.30. The van der Waals surface area contributed by atoms with Crippen LogP contribution in [0.5, 0.6) is 0 Å². The van der Waals surface area contributed by atoms with Crippen LogP contribution >= 0.6 is 0 Å². The lowest BCUT2D eigenvalue weighted by molar-refractivity contribution is 0.283. The molecule has 1 heterocycles. The molecule has 0 aromatic heterocycles. The van der Waals surface area contributed by atoms with Gasteiger partial charge in [-0.3, -0.25) is 4.99 Å². The first-order valence-electron chi connectivity index (χ1n) is 10.2. The zero-order valence-electron chi connectivity index (χ0n) is 14.9. The molecule has 0 N–H and O–H groups in total. The summed E-state index contributed by atoms with van der Waals surface area (Å²) in [6, 6.07) is 0.550. The predicted octanol–water partition coefficient (Wildman–Crippen LogP) is 6.64. The second-order valence-corrected chi connectivity index (χ2v) is 8.13. The van der Waals surface area contributed by atoms with Gasteiger partial charge >= 0.3 is 0 Å². The normalized spacial score (nSPS) is 30.0. The van der Waals surface area contributed by atoms with Crippen molar-refractivity contribution in [2.75, 3.05) is 0 Å². The molecule has 0 radical (unpaired) electrons. The Bertz CT molecular complexity index is 419. The Hall–Kier alpha value is -0.850. The molecule has 0 saturated heterocycles. The number of allylic oxidation sites excluding steroid dienone is 3. The number of rotatable bonds is 1. The Kier molecular flexibility index (Phi) is 6.54. The van der Waals surface area contributed by atoms with E-state index in [0.717, 1.165) is 5.92 Å². The maximum Gasteiger partial charge on any atom is 0.0558 e. The van der Waals surface area contributed by atoms with Crippen molar-refractivity contribution in [3.8, 4) is 0 Å². The molecule has 2 fully saturated rings. The number of nitrogens with zero attached hydrogens (tertiary/aromatic N) is 1. The molecule has 0 amide bonds. The van der Waals surface area contributed by atoms with Gasteiger partial charge in [0.1, 0.15) is 0 Å². The molecule has 1 heteroatoms. The SMILES string of the molecule is C1=CCC(C2CCCCC2)N=CC2(CC=CCC1)CCCCC2. The van der Waals surface area contributed by atoms with Crippen molar-refractivity contribution in [3.05, 3.63) is 24.3 Å². The van der Waals surface area contributed by atoms with Gasteiger partial charge in [0.2, 0.25) is 0 Å². The summed E-state index contributed by atoms with van der Waals surface area (Å²) in [5, 5.41) is 0. The van der Waals surface area contributed by atoms with Gasteiger partial charge in [-0.25, -0.2) is 0 Å². The smallest absolute Gasteiger partial charge is 0.0558 e. The van der Waals surface area contributed by atoms with Gasteiger partial charge in [-0.2, -0.15) is 0 Å². The first-order chi connectivity index (χ1) is 11.4. The van der Waals surface area contributed by atoms with Gasteiger partial charge in [0, 0.05) is 11.6 Å². The molecule has 3 aliphatic rings. The summed E-state index contributed by atoms with van der Waals surface area (Å²) in [5.74, 6) is 0.837. The molecule has 0 bridgehead atoms. The Morgan fingerprint density at radius 1 is 0.739 bits per heavy atom. The first-order valence-corrected chi connectivity index (χ1v) is 10.2. The van der Waals surface area contributed by atoms with Gasteiger partial charge in [-0.1, -0.05) is 62.8 Å². The summed E-state index contributed by atoms with van der Waals surface area (Å²) in [7, 11) is 0. The molecule has 1 nitrogen and oxygen atoms in total. The fourth-order valence-electron chi connectivity index (χ4n) is 4.77. The zero-order valence-corrected chi connectivity index (χ0v) is 14.9. The van der Waals surface area contributed by atoms with E-state index in [1.807, 2.05) is 0 Å². The van der Waals surface area contributed by atoms with Crippen LogP contribution in [0.25, 0.3) is 0 Å². The molecule has 0 aromatic rings. The fourth-order valence-corrected chi connectivity index (χ4v) is 4.77. The largest absolute Gasteiger partial charge is 0.293 e. The highest BCUT2D eigenvalue weighted by atomic mass is 14.8. The highest BCUT2D eigenvalue weighted by Crippen LogP contribution is 2.39. The molecule has 23 heavy (non-hydrogen) atoms. The van der Waals surface area contributed by atoms with Crippen LogP contribution in [0.2, 0.25) is 0 Å². The van der Waals surface area contributed by atoms with Crippen molar-refractivity contribution in [3.63, 3.8) is 0 Å². The lowest BCUT2D eigenvalue weighted by Crippen LogP contribution is -2.28. The Labute approximate surface area is 143 Å². The summed E-state index contributed by atoms with van der Waals surface area (Å²) in [4.78, 5) is 5.25. The van der Waals surface area contributed by atoms with E-state index in [2.05, 4.69) is 30.5 Å². The van der Waals surface area contributed by atoms with Crippen LogP contribution in [0.1, 0.15) is 89.9 Å². The molecule has 3 rings (SSSR count). The third-order valence-corrected chi connectivity index (χ3v) is 6.32. The van der Waals surface area contributed by atoms with Crippen molar-refractivity contribution in [1.29, 1.82) is 0 Å². The molecule has 128 valence electrons. The van der Waals surface area contributed by atoms with Crippen LogP contribution in [0.15, 0.2) is 29.3 Å². The zero-order chi connectivity index (χ0) is 15.8. The lowest BCUT2D eigenvalue weighted by atomic mass is 9.72. The van der Waals surface area contributed by atoms with Crippen LogP contribution in [0.4, 0.5) is 0 Å². The van der Waals surface area contributed by atoms with Gasteiger partial charge in [-0.05, 0) is 57.3 Å². The minimum Gasteiger partial charge on any atom is -0.293 e. The number of aliphatic imine (C=N–C) groups is 1. The topological polar surface area (TPSA) is 12.4 Å². The molecule has 1 unspecified atom stereocenters. The summed E-state index contributed by atoms with van der Waals surface area (Å²) in [6.45, 7) is 0. The van der Waals surface area contributed by atoms with Crippen molar-refractivity contribution >= 4 is 6.21 Å². The highest BCUT2D eigenvalue weighted by molar-refractivity contribution is 5.66. The second-order valence-electron chi connectivity index (χ2n) is 8.13. The molecule has 1 aliphatic heterocycles.